The van der Waals surface area contributed by atoms with Gasteiger partial charge in [0.2, 0.25) is 11.8 Å². The lowest BCUT2D eigenvalue weighted by Gasteiger charge is -2.31. The van der Waals surface area contributed by atoms with Crippen LogP contribution in [0.4, 0.5) is 13.2 Å². The van der Waals surface area contributed by atoms with E-state index in [9.17, 15) is 22.8 Å². The van der Waals surface area contributed by atoms with Crippen molar-refractivity contribution in [3.8, 4) is 0 Å². The molecule has 0 aliphatic heterocycles. The van der Waals surface area contributed by atoms with Crippen LogP contribution in [0.2, 0.25) is 0 Å². The molecule has 0 spiro atoms. The molecule has 0 unspecified atom stereocenters. The van der Waals surface area contributed by atoms with Gasteiger partial charge in [-0.25, -0.2) is 0 Å². The average molecular weight is 283 g/mol. The van der Waals surface area contributed by atoms with Crippen molar-refractivity contribution in [3.63, 3.8) is 0 Å². The molecular formula is C11H20F3N3O2. The van der Waals surface area contributed by atoms with Crippen LogP contribution in [0.5, 0.6) is 0 Å². The van der Waals surface area contributed by atoms with Gasteiger partial charge in [-0.15, -0.1) is 0 Å². The van der Waals surface area contributed by atoms with Crippen LogP contribution in [0.3, 0.4) is 0 Å². The van der Waals surface area contributed by atoms with E-state index in [1.165, 1.54) is 0 Å². The van der Waals surface area contributed by atoms with E-state index in [-0.39, 0.29) is 6.54 Å². The molecule has 2 amide bonds. The van der Waals surface area contributed by atoms with Crippen molar-refractivity contribution in [2.24, 2.45) is 5.73 Å². The zero-order valence-electron chi connectivity index (χ0n) is 11.1. The Labute approximate surface area is 110 Å². The van der Waals surface area contributed by atoms with Gasteiger partial charge >= 0.3 is 6.18 Å². The lowest BCUT2D eigenvalue weighted by Crippen LogP contribution is -2.49. The van der Waals surface area contributed by atoms with Gasteiger partial charge < -0.3 is 16.0 Å². The molecule has 0 bridgehead atoms. The Balaban J connectivity index is 4.72. The molecule has 0 atom stereocenters. The van der Waals surface area contributed by atoms with Gasteiger partial charge in [0.05, 0.1) is 13.1 Å². The van der Waals surface area contributed by atoms with Crippen LogP contribution in [0, 0.1) is 0 Å². The second-order valence-corrected chi connectivity index (χ2v) is 4.09. The highest BCUT2D eigenvalue weighted by atomic mass is 19.4. The summed E-state index contributed by atoms with van der Waals surface area (Å²) in [5, 5.41) is 2.18. The maximum Gasteiger partial charge on any atom is 0.406 e. The van der Waals surface area contributed by atoms with Crippen LogP contribution in [-0.4, -0.2) is 48.6 Å². The highest BCUT2D eigenvalue weighted by molar-refractivity contribution is 5.85. The fraction of sp³-hybridized carbons (Fsp3) is 0.818. The third kappa shape index (κ3) is 7.00. The number of hydrogen-bond acceptors (Lipinski definition) is 3. The Hall–Kier alpha value is -1.31. The van der Waals surface area contributed by atoms with Crippen LogP contribution in [-0.2, 0) is 9.59 Å². The number of rotatable bonds is 7. The van der Waals surface area contributed by atoms with E-state index < -0.39 is 37.1 Å². The number of hydrogen-bond donors (Lipinski definition) is 2. The average Bonchev–Trinajstić information content (AvgIpc) is 2.34. The standard InChI is InChI=1S/C11H20F3N3O2/c1-3-8(4-2)17(7-11(12,13)14)10(19)6-16-9(18)5-15/h8H,3-7,15H2,1-2H3,(H,16,18). The molecule has 0 fully saturated rings. The molecule has 0 aromatic rings. The smallest absolute Gasteiger partial charge is 0.346 e. The van der Waals surface area contributed by atoms with Gasteiger partial charge in [-0.3, -0.25) is 9.59 Å². The van der Waals surface area contributed by atoms with Gasteiger partial charge in [-0.2, -0.15) is 13.2 Å². The summed E-state index contributed by atoms with van der Waals surface area (Å²) in [6.45, 7) is 1.34. The Bertz CT molecular complexity index is 304. The Morgan fingerprint density at radius 1 is 1.26 bits per heavy atom. The van der Waals surface area contributed by atoms with Gasteiger partial charge in [0, 0.05) is 6.04 Å². The van der Waals surface area contributed by atoms with Crippen LogP contribution >= 0.6 is 0 Å². The largest absolute Gasteiger partial charge is 0.406 e. The van der Waals surface area contributed by atoms with E-state index in [2.05, 4.69) is 5.32 Å². The first-order valence-electron chi connectivity index (χ1n) is 6.08. The monoisotopic (exact) mass is 283 g/mol. The van der Waals surface area contributed by atoms with Crippen molar-refractivity contribution >= 4 is 11.8 Å². The Kier molecular flexibility index (Phi) is 7.43. The number of alkyl halides is 3. The lowest BCUT2D eigenvalue weighted by atomic mass is 10.1. The predicted molar refractivity (Wildman–Crippen MR) is 64.2 cm³/mol. The molecule has 0 saturated carbocycles. The third-order valence-corrected chi connectivity index (χ3v) is 2.68. The second-order valence-electron chi connectivity index (χ2n) is 4.09. The fourth-order valence-corrected chi connectivity index (χ4v) is 1.69. The first-order chi connectivity index (χ1) is 8.75. The normalized spacial score (nSPS) is 11.5. The van der Waals surface area contributed by atoms with Gasteiger partial charge in [-0.1, -0.05) is 13.8 Å². The van der Waals surface area contributed by atoms with E-state index in [0.29, 0.717) is 12.8 Å². The SMILES string of the molecule is CCC(CC)N(CC(F)(F)F)C(=O)CNC(=O)CN. The van der Waals surface area contributed by atoms with Crippen molar-refractivity contribution in [1.29, 1.82) is 0 Å². The topological polar surface area (TPSA) is 75.4 Å². The minimum absolute atomic E-state index is 0.308. The van der Waals surface area contributed by atoms with Crippen molar-refractivity contribution in [2.75, 3.05) is 19.6 Å². The minimum Gasteiger partial charge on any atom is -0.346 e. The number of nitrogens with two attached hydrogens (primary N) is 1. The molecule has 8 heteroatoms. The molecule has 112 valence electrons. The highest BCUT2D eigenvalue weighted by Crippen LogP contribution is 2.20. The third-order valence-electron chi connectivity index (χ3n) is 2.68. The summed E-state index contributed by atoms with van der Waals surface area (Å²) < 4.78 is 37.4. The molecule has 0 rings (SSSR count). The summed E-state index contributed by atoms with van der Waals surface area (Å²) in [6.07, 6.45) is -3.62. The van der Waals surface area contributed by atoms with Gasteiger partial charge in [0.1, 0.15) is 6.54 Å². The molecule has 0 aromatic heterocycles. The summed E-state index contributed by atoms with van der Waals surface area (Å²) in [5.74, 6) is -1.34. The van der Waals surface area contributed by atoms with E-state index in [0.717, 1.165) is 4.90 Å². The summed E-state index contributed by atoms with van der Waals surface area (Å²) in [5.41, 5.74) is 5.03. The van der Waals surface area contributed by atoms with Crippen molar-refractivity contribution in [2.45, 2.75) is 38.9 Å². The molecule has 0 radical (unpaired) electrons. The maximum absolute atomic E-state index is 12.5. The molecule has 0 heterocycles. The number of nitrogens with zero attached hydrogens (tertiary/aromatic N) is 1. The molecule has 0 aliphatic rings. The zero-order valence-corrected chi connectivity index (χ0v) is 11.1. The van der Waals surface area contributed by atoms with Crippen molar-refractivity contribution in [1.82, 2.24) is 10.2 Å². The predicted octanol–water partition coefficient (Wildman–Crippen LogP) is 0.641. The van der Waals surface area contributed by atoms with Gasteiger partial charge in [-0.05, 0) is 12.8 Å². The second kappa shape index (κ2) is 7.98. The van der Waals surface area contributed by atoms with Gasteiger partial charge in [0.25, 0.3) is 0 Å². The van der Waals surface area contributed by atoms with E-state index >= 15 is 0 Å². The summed E-state index contributed by atoms with van der Waals surface area (Å²) in [6, 6.07) is -0.496. The van der Waals surface area contributed by atoms with Crippen LogP contribution in [0.1, 0.15) is 26.7 Å². The molecule has 19 heavy (non-hydrogen) atoms. The minimum atomic E-state index is -4.46. The van der Waals surface area contributed by atoms with Gasteiger partial charge in [0.15, 0.2) is 0 Å². The van der Waals surface area contributed by atoms with Crippen LogP contribution < -0.4 is 11.1 Å². The Morgan fingerprint density at radius 2 is 1.79 bits per heavy atom. The quantitative estimate of drug-likeness (QED) is 0.720. The zero-order chi connectivity index (χ0) is 15.1. The number of halogens is 3. The van der Waals surface area contributed by atoms with Crippen molar-refractivity contribution in [3.05, 3.63) is 0 Å². The Morgan fingerprint density at radius 3 is 2.16 bits per heavy atom. The molecule has 0 aromatic carbocycles. The number of carbonyl (C=O) groups excluding carboxylic acids is 2. The maximum atomic E-state index is 12.5. The van der Waals surface area contributed by atoms with E-state index in [1.807, 2.05) is 0 Å². The molecule has 0 saturated heterocycles. The van der Waals surface area contributed by atoms with Crippen molar-refractivity contribution < 1.29 is 22.8 Å². The number of amides is 2. The first-order valence-corrected chi connectivity index (χ1v) is 6.08. The van der Waals surface area contributed by atoms with E-state index in [4.69, 9.17) is 5.73 Å². The molecule has 3 N–H and O–H groups in total. The highest BCUT2D eigenvalue weighted by Gasteiger charge is 2.35. The molecule has 0 aliphatic carbocycles. The fourth-order valence-electron chi connectivity index (χ4n) is 1.69. The first kappa shape index (κ1) is 17.7. The van der Waals surface area contributed by atoms with Crippen LogP contribution in [0.15, 0.2) is 0 Å². The number of nitrogens with one attached hydrogen (secondary N) is 1. The lowest BCUT2D eigenvalue weighted by molar-refractivity contribution is -0.165. The summed E-state index contributed by atoms with van der Waals surface area (Å²) in [7, 11) is 0. The summed E-state index contributed by atoms with van der Waals surface area (Å²) in [4.78, 5) is 23.4. The number of carbonyl (C=O) groups is 2. The molecule has 5 nitrogen and oxygen atoms in total. The summed E-state index contributed by atoms with van der Waals surface area (Å²) >= 11 is 0. The molecular weight excluding hydrogens is 263 g/mol. The van der Waals surface area contributed by atoms with Crippen LogP contribution in [0.25, 0.3) is 0 Å². The van der Waals surface area contributed by atoms with E-state index in [1.54, 1.807) is 13.8 Å².